The summed E-state index contributed by atoms with van der Waals surface area (Å²) in [6, 6.07) is 9.34. The van der Waals surface area contributed by atoms with E-state index in [-0.39, 0.29) is 6.04 Å². The highest BCUT2D eigenvalue weighted by atomic mass is 35.5. The van der Waals surface area contributed by atoms with Gasteiger partial charge in [-0.3, -0.25) is 9.59 Å². The summed E-state index contributed by atoms with van der Waals surface area (Å²) in [5.74, 6) is -0.542. The number of anilines is 1. The Kier molecular flexibility index (Phi) is 6.20. The van der Waals surface area contributed by atoms with Crippen LogP contribution in [-0.4, -0.2) is 50.7 Å². The molecule has 2 amide bonds. The van der Waals surface area contributed by atoms with Gasteiger partial charge in [-0.1, -0.05) is 30.7 Å². The Hall–Kier alpha value is -2.97. The summed E-state index contributed by atoms with van der Waals surface area (Å²) in [4.78, 5) is 38.2. The molecule has 1 unspecified atom stereocenters. The van der Waals surface area contributed by atoms with Gasteiger partial charge in [-0.2, -0.15) is 0 Å². The first-order chi connectivity index (χ1) is 15.0. The molecule has 9 heteroatoms. The molecule has 160 valence electrons. The number of halogens is 1. The summed E-state index contributed by atoms with van der Waals surface area (Å²) < 4.78 is 0.716. The van der Waals surface area contributed by atoms with Crippen LogP contribution in [0.3, 0.4) is 0 Å². The number of nitrogens with two attached hydrogens (primary N) is 1. The average Bonchev–Trinajstić information content (AvgIpc) is 3.18. The zero-order valence-corrected chi connectivity index (χ0v) is 18.6. The van der Waals surface area contributed by atoms with E-state index in [4.69, 9.17) is 17.3 Å². The maximum absolute atomic E-state index is 12.8. The number of carbonyl (C=O) groups excluding carboxylic acids is 2. The van der Waals surface area contributed by atoms with Crippen LogP contribution >= 0.6 is 22.9 Å². The summed E-state index contributed by atoms with van der Waals surface area (Å²) >= 11 is 7.42. The largest absolute Gasteiger partial charge is 0.383 e. The van der Waals surface area contributed by atoms with Gasteiger partial charge in [-0.25, -0.2) is 9.97 Å². The van der Waals surface area contributed by atoms with Crippen molar-refractivity contribution in [2.45, 2.75) is 25.9 Å². The van der Waals surface area contributed by atoms with Crippen molar-refractivity contribution in [3.63, 3.8) is 0 Å². The average molecular weight is 456 g/mol. The smallest absolute Gasteiger partial charge is 0.312 e. The second-order valence-corrected chi connectivity index (χ2v) is 9.11. The highest BCUT2D eigenvalue weighted by Crippen LogP contribution is 2.24. The molecule has 7 nitrogen and oxygen atoms in total. The van der Waals surface area contributed by atoms with E-state index < -0.39 is 11.8 Å². The van der Waals surface area contributed by atoms with E-state index in [0.29, 0.717) is 35.3 Å². The minimum Gasteiger partial charge on any atom is -0.383 e. The lowest BCUT2D eigenvalue weighted by Gasteiger charge is -2.39. The number of carbonyl (C=O) groups is 2. The molecule has 0 spiro atoms. The number of nitrogens with zero attached hydrogens (tertiary/aromatic N) is 4. The fourth-order valence-corrected chi connectivity index (χ4v) is 4.71. The Labute approximate surface area is 189 Å². The number of nitrogen functional groups attached to an aromatic ring is 1. The molecule has 2 N–H and O–H groups in total. The normalized spacial score (nSPS) is 17.3. The molecule has 31 heavy (non-hydrogen) atoms. The van der Waals surface area contributed by atoms with E-state index in [9.17, 15) is 9.59 Å². The maximum Gasteiger partial charge on any atom is 0.312 e. The Bertz CT molecular complexity index is 1160. The van der Waals surface area contributed by atoms with E-state index in [1.807, 2.05) is 49.4 Å². The Morgan fingerprint density at radius 1 is 1.23 bits per heavy atom. The first kappa shape index (κ1) is 21.3. The number of hydrogen-bond donors (Lipinski definition) is 1. The Morgan fingerprint density at radius 3 is 2.81 bits per heavy atom. The summed E-state index contributed by atoms with van der Waals surface area (Å²) in [7, 11) is 0. The van der Waals surface area contributed by atoms with Crippen molar-refractivity contribution in [3.8, 4) is 0 Å². The zero-order chi connectivity index (χ0) is 22.0. The number of thiophene rings is 1. The molecule has 4 rings (SSSR count). The highest BCUT2D eigenvalue weighted by Gasteiger charge is 2.37. The van der Waals surface area contributed by atoms with Crippen LogP contribution in [0.2, 0.25) is 4.34 Å². The van der Waals surface area contributed by atoms with Crippen LogP contribution in [0.25, 0.3) is 17.0 Å². The maximum atomic E-state index is 12.8. The topological polar surface area (TPSA) is 92.4 Å². The molecule has 1 saturated heterocycles. The minimum atomic E-state index is -0.487. The molecular weight excluding hydrogens is 434 g/mol. The molecule has 0 saturated carbocycles. The van der Waals surface area contributed by atoms with Gasteiger partial charge in [0.2, 0.25) is 0 Å². The Balaban J connectivity index is 1.47. The van der Waals surface area contributed by atoms with Gasteiger partial charge in [-0.05, 0) is 42.3 Å². The molecule has 1 fully saturated rings. The first-order valence-corrected chi connectivity index (χ1v) is 11.2. The number of fused-ring (bicyclic) bond motifs is 1. The van der Waals surface area contributed by atoms with E-state index >= 15 is 0 Å². The fraction of sp³-hybridized carbons (Fsp3) is 0.273. The molecule has 1 aromatic carbocycles. The summed E-state index contributed by atoms with van der Waals surface area (Å²) in [5, 5.41) is 0.767. The number of piperazine rings is 1. The van der Waals surface area contributed by atoms with E-state index in [1.165, 1.54) is 17.7 Å². The van der Waals surface area contributed by atoms with Gasteiger partial charge in [0.25, 0.3) is 0 Å². The summed E-state index contributed by atoms with van der Waals surface area (Å²) in [6.45, 7) is 3.25. The van der Waals surface area contributed by atoms with Gasteiger partial charge in [0.1, 0.15) is 12.1 Å². The molecule has 0 bridgehead atoms. The van der Waals surface area contributed by atoms with Crippen molar-refractivity contribution in [1.29, 1.82) is 0 Å². The van der Waals surface area contributed by atoms with Crippen molar-refractivity contribution in [1.82, 2.24) is 19.8 Å². The number of aromatic nitrogens is 2. The van der Waals surface area contributed by atoms with Gasteiger partial charge >= 0.3 is 11.8 Å². The van der Waals surface area contributed by atoms with Crippen LogP contribution in [0.4, 0.5) is 5.82 Å². The summed E-state index contributed by atoms with van der Waals surface area (Å²) in [6.07, 6.45) is 6.00. The third-order valence-electron chi connectivity index (χ3n) is 5.36. The fourth-order valence-electron chi connectivity index (χ4n) is 3.72. The van der Waals surface area contributed by atoms with Crippen LogP contribution in [0.1, 0.15) is 23.8 Å². The van der Waals surface area contributed by atoms with Gasteiger partial charge in [0.15, 0.2) is 0 Å². The Morgan fingerprint density at radius 2 is 2.06 bits per heavy atom. The molecule has 2 aromatic heterocycles. The predicted octanol–water partition coefficient (Wildman–Crippen LogP) is 3.59. The van der Waals surface area contributed by atoms with E-state index in [1.54, 1.807) is 9.80 Å². The van der Waals surface area contributed by atoms with Gasteiger partial charge < -0.3 is 15.5 Å². The van der Waals surface area contributed by atoms with Crippen molar-refractivity contribution in [2.24, 2.45) is 0 Å². The standard InChI is InChI=1S/C22H22ClN5O2S/c1-2-15-12-27(11-14-5-7-17-18(10-14)25-13-26-20(17)24)21(29)22(30)28(15)9-3-4-16-6-8-19(23)31-16/h3-8,10,13,15H,2,9,11-12H2,1H3,(H2,24,25,26). The molecule has 1 atom stereocenters. The van der Waals surface area contributed by atoms with Crippen LogP contribution in [0.15, 0.2) is 42.7 Å². The van der Waals surface area contributed by atoms with Gasteiger partial charge in [-0.15, -0.1) is 11.3 Å². The van der Waals surface area contributed by atoms with E-state index in [2.05, 4.69) is 9.97 Å². The molecule has 0 radical (unpaired) electrons. The molecule has 1 aliphatic heterocycles. The number of amides is 2. The van der Waals surface area contributed by atoms with Crippen LogP contribution in [0, 0.1) is 0 Å². The van der Waals surface area contributed by atoms with Crippen LogP contribution in [-0.2, 0) is 16.1 Å². The predicted molar refractivity (Wildman–Crippen MR) is 124 cm³/mol. The highest BCUT2D eigenvalue weighted by molar-refractivity contribution is 7.16. The van der Waals surface area contributed by atoms with Gasteiger partial charge in [0.05, 0.1) is 9.85 Å². The van der Waals surface area contributed by atoms with Crippen molar-refractivity contribution < 1.29 is 9.59 Å². The molecule has 1 aliphatic rings. The van der Waals surface area contributed by atoms with Crippen molar-refractivity contribution >= 4 is 57.5 Å². The van der Waals surface area contributed by atoms with Crippen LogP contribution in [0.5, 0.6) is 0 Å². The number of benzene rings is 1. The first-order valence-electron chi connectivity index (χ1n) is 9.97. The van der Waals surface area contributed by atoms with Crippen molar-refractivity contribution in [3.05, 3.63) is 57.5 Å². The van der Waals surface area contributed by atoms with Crippen LogP contribution < -0.4 is 5.73 Å². The zero-order valence-electron chi connectivity index (χ0n) is 17.0. The lowest BCUT2D eigenvalue weighted by Crippen LogP contribution is -2.59. The molecular formula is C22H22ClN5O2S. The minimum absolute atomic E-state index is 0.0415. The monoisotopic (exact) mass is 455 g/mol. The second kappa shape index (κ2) is 9.03. The molecule has 3 heterocycles. The third-order valence-corrected chi connectivity index (χ3v) is 6.55. The molecule has 3 aromatic rings. The number of rotatable bonds is 6. The third kappa shape index (κ3) is 4.55. The lowest BCUT2D eigenvalue weighted by atomic mass is 10.1. The van der Waals surface area contributed by atoms with Crippen molar-refractivity contribution in [2.75, 3.05) is 18.8 Å². The SMILES string of the molecule is CCC1CN(Cc2ccc3c(N)ncnc3c2)C(=O)C(=O)N1CC=Cc1ccc(Cl)s1. The number of hydrogen-bond acceptors (Lipinski definition) is 6. The quantitative estimate of drug-likeness (QED) is 0.573. The van der Waals surface area contributed by atoms with Gasteiger partial charge in [0, 0.05) is 35.9 Å². The summed E-state index contributed by atoms with van der Waals surface area (Å²) in [5.41, 5.74) is 7.49. The van der Waals surface area contributed by atoms with E-state index in [0.717, 1.165) is 22.2 Å². The second-order valence-electron chi connectivity index (χ2n) is 7.36. The molecule has 0 aliphatic carbocycles. The lowest BCUT2D eigenvalue weighted by molar-refractivity contribution is -0.159.